The summed E-state index contributed by atoms with van der Waals surface area (Å²) in [5.41, 5.74) is -1.10. The molecule has 2 unspecified atom stereocenters. The minimum atomic E-state index is -1.67. The number of halogens is 3. The molecule has 3 heterocycles. The summed E-state index contributed by atoms with van der Waals surface area (Å²) in [6, 6.07) is 2.10. The molecule has 0 saturated carbocycles. The van der Waals surface area contributed by atoms with Crippen LogP contribution in [0, 0.1) is 11.6 Å². The predicted molar refractivity (Wildman–Crippen MR) is 113 cm³/mol. The second-order valence-electron chi connectivity index (χ2n) is 8.11. The number of hydrogen-bond acceptors (Lipinski definition) is 7. The molecular weight excluding hydrogens is 427 g/mol. The lowest BCUT2D eigenvalue weighted by atomic mass is 10.0. The number of pyridine rings is 2. The van der Waals surface area contributed by atoms with Crippen molar-refractivity contribution in [2.45, 2.75) is 44.5 Å². The molecule has 0 aromatic carbocycles. The molecule has 1 aliphatic rings. The van der Waals surface area contributed by atoms with Gasteiger partial charge in [-0.3, -0.25) is 4.79 Å². The molecule has 1 amide bonds. The number of nitrogens with one attached hydrogen (secondary N) is 3. The van der Waals surface area contributed by atoms with Crippen LogP contribution in [0.15, 0.2) is 24.5 Å². The van der Waals surface area contributed by atoms with Gasteiger partial charge in [0.25, 0.3) is 5.91 Å². The number of rotatable bonds is 8. The van der Waals surface area contributed by atoms with Gasteiger partial charge in [0.1, 0.15) is 17.8 Å². The van der Waals surface area contributed by atoms with Crippen molar-refractivity contribution in [3.8, 4) is 0 Å². The van der Waals surface area contributed by atoms with Crippen molar-refractivity contribution in [3.63, 3.8) is 0 Å². The average Bonchev–Trinajstić information content (AvgIpc) is 2.74. The van der Waals surface area contributed by atoms with Gasteiger partial charge in [-0.1, -0.05) is 0 Å². The number of aliphatic hydroxyl groups is 1. The Kier molecular flexibility index (Phi) is 7.52. The molecule has 0 aliphatic carbocycles. The molecule has 4 N–H and O–H groups in total. The number of carbonyl (C=O) groups is 1. The minimum absolute atomic E-state index is 0.0727. The highest BCUT2D eigenvalue weighted by atomic mass is 19.1. The molecule has 2 aromatic heterocycles. The largest absolute Gasteiger partial charge is 0.387 e. The number of nitrogens with zero attached hydrogens (tertiary/aromatic N) is 2. The zero-order chi connectivity index (χ0) is 23.3. The van der Waals surface area contributed by atoms with Crippen LogP contribution in [0.3, 0.4) is 0 Å². The topological polar surface area (TPSA) is 108 Å². The van der Waals surface area contributed by atoms with Gasteiger partial charge in [-0.15, -0.1) is 0 Å². The van der Waals surface area contributed by atoms with Crippen molar-refractivity contribution in [2.75, 3.05) is 30.4 Å². The summed E-state index contributed by atoms with van der Waals surface area (Å²) in [5, 5.41) is 18.0. The summed E-state index contributed by atoms with van der Waals surface area (Å²) in [5.74, 6) is -2.37. The molecule has 1 fully saturated rings. The Morgan fingerprint density at radius 3 is 2.75 bits per heavy atom. The molecule has 32 heavy (non-hydrogen) atoms. The van der Waals surface area contributed by atoms with Crippen LogP contribution in [0.25, 0.3) is 0 Å². The Hall–Kier alpha value is -2.92. The van der Waals surface area contributed by atoms with E-state index in [0.717, 1.165) is 19.0 Å². The molecule has 11 heteroatoms. The van der Waals surface area contributed by atoms with Crippen molar-refractivity contribution in [1.29, 1.82) is 0 Å². The van der Waals surface area contributed by atoms with Crippen molar-refractivity contribution in [3.05, 3.63) is 41.7 Å². The molecule has 2 aromatic rings. The third-order valence-electron chi connectivity index (χ3n) is 4.93. The SMILES string of the molecule is CC(C)(O)C(F)CNC(=O)c1cnc(Nc2ncc(F)cc2F)cc1NC1CCCOC1. The molecule has 3 rings (SSSR count). The Morgan fingerprint density at radius 1 is 1.31 bits per heavy atom. The van der Waals surface area contributed by atoms with E-state index in [2.05, 4.69) is 25.9 Å². The molecule has 0 radical (unpaired) electrons. The highest BCUT2D eigenvalue weighted by molar-refractivity contribution is 5.99. The number of alkyl halides is 1. The number of anilines is 3. The fourth-order valence-corrected chi connectivity index (χ4v) is 3.05. The second-order valence-corrected chi connectivity index (χ2v) is 8.11. The zero-order valence-corrected chi connectivity index (χ0v) is 17.8. The van der Waals surface area contributed by atoms with E-state index in [-0.39, 0.29) is 29.8 Å². The van der Waals surface area contributed by atoms with Gasteiger partial charge in [0.15, 0.2) is 11.6 Å². The molecule has 2 atom stereocenters. The van der Waals surface area contributed by atoms with Crippen LogP contribution in [0.1, 0.15) is 37.0 Å². The second kappa shape index (κ2) is 10.1. The van der Waals surface area contributed by atoms with E-state index < -0.39 is 29.3 Å². The summed E-state index contributed by atoms with van der Waals surface area (Å²) in [6.45, 7) is 3.32. The van der Waals surface area contributed by atoms with E-state index in [1.54, 1.807) is 0 Å². The fraction of sp³-hybridized carbons (Fsp3) is 0.476. The summed E-state index contributed by atoms with van der Waals surface area (Å²) in [7, 11) is 0. The maximum absolute atomic E-state index is 14.0. The molecule has 0 spiro atoms. The molecule has 0 bridgehead atoms. The van der Waals surface area contributed by atoms with Crippen molar-refractivity contribution in [2.24, 2.45) is 0 Å². The number of carbonyl (C=O) groups excluding carboxylic acids is 1. The van der Waals surface area contributed by atoms with Crippen LogP contribution < -0.4 is 16.0 Å². The predicted octanol–water partition coefficient (Wildman–Crippen LogP) is 2.93. The van der Waals surface area contributed by atoms with Gasteiger partial charge in [0, 0.05) is 31.0 Å². The van der Waals surface area contributed by atoms with Gasteiger partial charge >= 0.3 is 0 Å². The van der Waals surface area contributed by atoms with Crippen LogP contribution >= 0.6 is 0 Å². The number of amides is 1. The first-order valence-corrected chi connectivity index (χ1v) is 10.2. The first kappa shape index (κ1) is 23.7. The first-order chi connectivity index (χ1) is 15.1. The molecule has 8 nitrogen and oxygen atoms in total. The van der Waals surface area contributed by atoms with Crippen LogP contribution in [-0.4, -0.2) is 58.6 Å². The summed E-state index contributed by atoms with van der Waals surface area (Å²) in [4.78, 5) is 20.5. The summed E-state index contributed by atoms with van der Waals surface area (Å²) in [6.07, 6.45) is 2.10. The molecular formula is C21H26F3N5O3. The van der Waals surface area contributed by atoms with Gasteiger partial charge in [0.05, 0.1) is 36.2 Å². The van der Waals surface area contributed by atoms with Crippen molar-refractivity contribution < 1.29 is 27.8 Å². The fourth-order valence-electron chi connectivity index (χ4n) is 3.05. The van der Waals surface area contributed by atoms with Crippen LogP contribution in [0.2, 0.25) is 0 Å². The smallest absolute Gasteiger partial charge is 0.255 e. The highest BCUT2D eigenvalue weighted by Gasteiger charge is 2.27. The van der Waals surface area contributed by atoms with Crippen LogP contribution in [-0.2, 0) is 4.74 Å². The minimum Gasteiger partial charge on any atom is -0.387 e. The lowest BCUT2D eigenvalue weighted by Gasteiger charge is -2.26. The van der Waals surface area contributed by atoms with Gasteiger partial charge in [-0.25, -0.2) is 23.1 Å². The Balaban J connectivity index is 1.82. The standard InChI is InChI=1S/C21H26F3N5O3/c1-21(2,31)17(24)10-27-20(30)14-9-25-18(29-19-15(23)6-12(22)8-26-19)7-16(14)28-13-4-3-5-32-11-13/h6-9,13,17,31H,3-5,10-11H2,1-2H3,(H,27,30)(H2,25,26,28,29). The van der Waals surface area contributed by atoms with Gasteiger partial charge in [0.2, 0.25) is 0 Å². The van der Waals surface area contributed by atoms with E-state index >= 15 is 0 Å². The first-order valence-electron chi connectivity index (χ1n) is 10.2. The van der Waals surface area contributed by atoms with E-state index in [1.807, 2.05) is 0 Å². The van der Waals surface area contributed by atoms with Gasteiger partial charge in [-0.2, -0.15) is 0 Å². The van der Waals surface area contributed by atoms with E-state index in [9.17, 15) is 23.1 Å². The molecule has 1 saturated heterocycles. The molecule has 1 aliphatic heterocycles. The van der Waals surface area contributed by atoms with E-state index in [4.69, 9.17) is 4.74 Å². The Bertz CT molecular complexity index is 949. The van der Waals surface area contributed by atoms with Crippen LogP contribution in [0.5, 0.6) is 0 Å². The lowest BCUT2D eigenvalue weighted by Crippen LogP contribution is -2.42. The van der Waals surface area contributed by atoms with Gasteiger partial charge in [-0.05, 0) is 26.7 Å². The quantitative estimate of drug-likeness (QED) is 0.487. The third-order valence-corrected chi connectivity index (χ3v) is 4.93. The average molecular weight is 453 g/mol. The number of hydrogen-bond donors (Lipinski definition) is 4. The monoisotopic (exact) mass is 453 g/mol. The van der Waals surface area contributed by atoms with Crippen molar-refractivity contribution in [1.82, 2.24) is 15.3 Å². The Labute approximate surface area is 183 Å². The summed E-state index contributed by atoms with van der Waals surface area (Å²) >= 11 is 0. The summed E-state index contributed by atoms with van der Waals surface area (Å²) < 4.78 is 46.5. The van der Waals surface area contributed by atoms with E-state index in [0.29, 0.717) is 25.0 Å². The normalized spacial score (nSPS) is 17.5. The number of aromatic nitrogens is 2. The highest BCUT2D eigenvalue weighted by Crippen LogP contribution is 2.25. The van der Waals surface area contributed by atoms with E-state index in [1.165, 1.54) is 26.1 Å². The van der Waals surface area contributed by atoms with Gasteiger partial charge < -0.3 is 25.8 Å². The van der Waals surface area contributed by atoms with Crippen molar-refractivity contribution >= 4 is 23.2 Å². The Morgan fingerprint density at radius 2 is 2.09 bits per heavy atom. The zero-order valence-electron chi connectivity index (χ0n) is 17.8. The lowest BCUT2D eigenvalue weighted by molar-refractivity contribution is -0.00177. The third kappa shape index (κ3) is 6.30. The maximum Gasteiger partial charge on any atom is 0.255 e. The van der Waals surface area contributed by atoms with Crippen LogP contribution in [0.4, 0.5) is 30.5 Å². The molecule has 174 valence electrons. The maximum atomic E-state index is 14.0. The number of ether oxygens (including phenoxy) is 1.